The minimum absolute atomic E-state index is 0. The number of imidazole rings is 1. The molecule has 0 aliphatic carbocycles. The van der Waals surface area contributed by atoms with E-state index in [1.165, 1.54) is 11.3 Å². The number of nitrogens with one attached hydrogen (secondary N) is 3. The maximum absolute atomic E-state index is 10.2. The molecule has 9 heteroatoms. The van der Waals surface area contributed by atoms with Gasteiger partial charge in [0.1, 0.15) is 11.9 Å². The Kier molecular flexibility index (Phi) is 8.81. The lowest BCUT2D eigenvalue weighted by Gasteiger charge is -2.12. The third-order valence-electron chi connectivity index (χ3n) is 3.78. The Bertz CT molecular complexity index is 848. The molecule has 6 nitrogen and oxygen atoms in total. The van der Waals surface area contributed by atoms with Crippen LogP contribution in [0.4, 0.5) is 0 Å². The molecule has 3 rings (SSSR count). The second-order valence-corrected chi connectivity index (χ2v) is 7.50. The van der Waals surface area contributed by atoms with E-state index in [4.69, 9.17) is 11.6 Å². The van der Waals surface area contributed by atoms with E-state index in [1.807, 2.05) is 37.3 Å². The summed E-state index contributed by atoms with van der Waals surface area (Å²) in [7, 11) is 0. The minimum atomic E-state index is -0.654. The SMILES string of the molecule is CCNC(=NCC(O)c1ccc(Cl)s1)NCCc1nc2ccccc2[nH]1.I. The van der Waals surface area contributed by atoms with Crippen LogP contribution < -0.4 is 10.6 Å². The van der Waals surface area contributed by atoms with Crippen LogP contribution in [0.1, 0.15) is 23.7 Å². The number of fused-ring (bicyclic) bond motifs is 1. The van der Waals surface area contributed by atoms with Crippen LogP contribution in [-0.4, -0.2) is 40.7 Å². The van der Waals surface area contributed by atoms with Crippen LogP contribution in [0, 0.1) is 0 Å². The molecular weight excluding hydrogens is 497 g/mol. The number of aliphatic hydroxyl groups excluding tert-OH is 1. The lowest BCUT2D eigenvalue weighted by Crippen LogP contribution is -2.38. The van der Waals surface area contributed by atoms with E-state index < -0.39 is 6.10 Å². The van der Waals surface area contributed by atoms with E-state index in [1.54, 1.807) is 6.07 Å². The third kappa shape index (κ3) is 6.34. The van der Waals surface area contributed by atoms with Crippen LogP contribution in [0.2, 0.25) is 4.34 Å². The van der Waals surface area contributed by atoms with E-state index in [9.17, 15) is 5.11 Å². The number of aliphatic hydroxyl groups is 1. The van der Waals surface area contributed by atoms with Crippen molar-refractivity contribution in [1.82, 2.24) is 20.6 Å². The number of aromatic amines is 1. The fourth-order valence-corrected chi connectivity index (χ4v) is 3.58. The molecule has 1 unspecified atom stereocenters. The summed E-state index contributed by atoms with van der Waals surface area (Å²) in [6.45, 7) is 3.71. The molecular formula is C18H23ClIN5OS. The maximum atomic E-state index is 10.2. The van der Waals surface area contributed by atoms with Crippen LogP contribution >= 0.6 is 46.9 Å². The van der Waals surface area contributed by atoms with Crippen molar-refractivity contribution in [2.24, 2.45) is 4.99 Å². The zero-order valence-electron chi connectivity index (χ0n) is 14.9. The van der Waals surface area contributed by atoms with Gasteiger partial charge >= 0.3 is 0 Å². The number of H-pyrrole nitrogens is 1. The molecule has 3 aromatic rings. The summed E-state index contributed by atoms with van der Waals surface area (Å²) < 4.78 is 0.666. The maximum Gasteiger partial charge on any atom is 0.191 e. The molecule has 0 spiro atoms. The van der Waals surface area contributed by atoms with Gasteiger partial charge in [0.05, 0.1) is 21.9 Å². The number of nitrogens with zero attached hydrogens (tertiary/aromatic N) is 2. The van der Waals surface area contributed by atoms with E-state index >= 15 is 0 Å². The molecule has 27 heavy (non-hydrogen) atoms. The number of aliphatic imine (C=N–C) groups is 1. The Morgan fingerprint density at radius 1 is 1.30 bits per heavy atom. The number of aromatic nitrogens is 2. The normalized spacial score (nSPS) is 12.6. The van der Waals surface area contributed by atoms with Crippen molar-refractivity contribution >= 4 is 63.9 Å². The van der Waals surface area contributed by atoms with Crippen molar-refractivity contribution in [3.05, 3.63) is 51.4 Å². The fourth-order valence-electron chi connectivity index (χ4n) is 2.54. The molecule has 2 heterocycles. The molecule has 0 aliphatic heterocycles. The summed E-state index contributed by atoms with van der Waals surface area (Å²) in [5, 5.41) is 16.7. The highest BCUT2D eigenvalue weighted by atomic mass is 127. The van der Waals surface area contributed by atoms with Crippen molar-refractivity contribution in [3.8, 4) is 0 Å². The Morgan fingerprint density at radius 2 is 2.11 bits per heavy atom. The van der Waals surface area contributed by atoms with E-state index in [0.29, 0.717) is 16.8 Å². The first-order chi connectivity index (χ1) is 12.7. The van der Waals surface area contributed by atoms with Gasteiger partial charge < -0.3 is 20.7 Å². The molecule has 1 atom stereocenters. The molecule has 0 bridgehead atoms. The van der Waals surface area contributed by atoms with Gasteiger partial charge in [0, 0.05) is 24.4 Å². The van der Waals surface area contributed by atoms with Crippen LogP contribution in [0.3, 0.4) is 0 Å². The van der Waals surface area contributed by atoms with Gasteiger partial charge in [-0.25, -0.2) is 4.98 Å². The standard InChI is InChI=1S/C18H22ClN5OS.HI/c1-2-20-18(22-11-14(25)15-7-8-16(19)26-15)21-10-9-17-23-12-5-3-4-6-13(12)24-17;/h3-8,14,25H,2,9-11H2,1H3,(H,23,24)(H2,20,21,22);1H. The Hall–Kier alpha value is -1.36. The summed E-state index contributed by atoms with van der Waals surface area (Å²) in [5.74, 6) is 1.60. The van der Waals surface area contributed by atoms with Gasteiger partial charge in [-0.2, -0.15) is 0 Å². The number of para-hydroxylation sites is 2. The number of benzene rings is 1. The molecule has 0 saturated carbocycles. The van der Waals surface area contributed by atoms with Crippen molar-refractivity contribution < 1.29 is 5.11 Å². The molecule has 0 saturated heterocycles. The summed E-state index contributed by atoms with van der Waals surface area (Å²) in [6, 6.07) is 11.6. The lowest BCUT2D eigenvalue weighted by molar-refractivity contribution is 0.191. The average Bonchev–Trinajstić information content (AvgIpc) is 3.25. The van der Waals surface area contributed by atoms with Gasteiger partial charge in [-0.3, -0.25) is 4.99 Å². The van der Waals surface area contributed by atoms with Crippen LogP contribution in [0.25, 0.3) is 11.0 Å². The molecule has 1 aromatic carbocycles. The zero-order chi connectivity index (χ0) is 18.4. The quantitative estimate of drug-likeness (QED) is 0.218. The van der Waals surface area contributed by atoms with E-state index in [2.05, 4.69) is 25.6 Å². The number of thiophene rings is 1. The first kappa shape index (κ1) is 21.9. The molecule has 146 valence electrons. The van der Waals surface area contributed by atoms with E-state index in [-0.39, 0.29) is 30.5 Å². The van der Waals surface area contributed by atoms with E-state index in [0.717, 1.165) is 34.7 Å². The van der Waals surface area contributed by atoms with Crippen molar-refractivity contribution in [3.63, 3.8) is 0 Å². The molecule has 0 amide bonds. The number of rotatable bonds is 7. The summed E-state index contributed by atoms with van der Waals surface area (Å²) >= 11 is 7.28. The second-order valence-electron chi connectivity index (χ2n) is 5.75. The zero-order valence-corrected chi connectivity index (χ0v) is 18.8. The molecule has 0 radical (unpaired) electrons. The summed E-state index contributed by atoms with van der Waals surface area (Å²) in [5.41, 5.74) is 2.02. The first-order valence-corrected chi connectivity index (χ1v) is 9.74. The van der Waals surface area contributed by atoms with Gasteiger partial charge in [-0.1, -0.05) is 23.7 Å². The third-order valence-corrected chi connectivity index (χ3v) is 5.11. The lowest BCUT2D eigenvalue weighted by atomic mass is 10.3. The van der Waals surface area contributed by atoms with Crippen molar-refractivity contribution in [2.45, 2.75) is 19.4 Å². The van der Waals surface area contributed by atoms with Gasteiger partial charge in [0.25, 0.3) is 0 Å². The van der Waals surface area contributed by atoms with Crippen LogP contribution in [0.15, 0.2) is 41.4 Å². The van der Waals surface area contributed by atoms with Crippen LogP contribution in [-0.2, 0) is 6.42 Å². The number of hydrogen-bond donors (Lipinski definition) is 4. The second kappa shape index (κ2) is 10.8. The van der Waals surface area contributed by atoms with Gasteiger partial charge in [-0.15, -0.1) is 35.3 Å². The summed E-state index contributed by atoms with van der Waals surface area (Å²) in [6.07, 6.45) is 0.0978. The Morgan fingerprint density at radius 3 is 2.81 bits per heavy atom. The highest BCUT2D eigenvalue weighted by molar-refractivity contribution is 14.0. The van der Waals surface area contributed by atoms with Gasteiger partial charge in [-0.05, 0) is 31.2 Å². The van der Waals surface area contributed by atoms with Gasteiger partial charge in [0.15, 0.2) is 5.96 Å². The Labute approximate surface area is 184 Å². The minimum Gasteiger partial charge on any atom is -0.386 e. The first-order valence-electron chi connectivity index (χ1n) is 8.55. The average molecular weight is 520 g/mol. The number of hydrogen-bond acceptors (Lipinski definition) is 4. The molecule has 0 fully saturated rings. The van der Waals surface area contributed by atoms with Crippen molar-refractivity contribution in [2.75, 3.05) is 19.6 Å². The topological polar surface area (TPSA) is 85.3 Å². The van der Waals surface area contributed by atoms with Gasteiger partial charge in [0.2, 0.25) is 0 Å². The van der Waals surface area contributed by atoms with Crippen molar-refractivity contribution in [1.29, 1.82) is 0 Å². The number of halogens is 2. The fraction of sp³-hybridized carbons (Fsp3) is 0.333. The Balaban J connectivity index is 0.00000261. The molecule has 2 aromatic heterocycles. The number of guanidine groups is 1. The molecule has 0 aliphatic rings. The largest absolute Gasteiger partial charge is 0.386 e. The highest BCUT2D eigenvalue weighted by Crippen LogP contribution is 2.26. The highest BCUT2D eigenvalue weighted by Gasteiger charge is 2.10. The predicted octanol–water partition coefficient (Wildman–Crippen LogP) is 3.73. The molecule has 4 N–H and O–H groups in total. The van der Waals surface area contributed by atoms with Crippen LogP contribution in [0.5, 0.6) is 0 Å². The smallest absolute Gasteiger partial charge is 0.191 e. The predicted molar refractivity (Wildman–Crippen MR) is 123 cm³/mol. The monoisotopic (exact) mass is 519 g/mol. The summed E-state index contributed by atoms with van der Waals surface area (Å²) in [4.78, 5) is 13.1.